The third kappa shape index (κ3) is 4.86. The molecule has 3 N–H and O–H groups in total. The Labute approximate surface area is 125 Å². The highest BCUT2D eigenvalue weighted by Gasteiger charge is 2.30. The predicted octanol–water partition coefficient (Wildman–Crippen LogP) is 0.260. The van der Waals surface area contributed by atoms with Crippen molar-refractivity contribution in [1.82, 2.24) is 15.5 Å². The van der Waals surface area contributed by atoms with Crippen LogP contribution in [0.5, 0.6) is 0 Å². The van der Waals surface area contributed by atoms with E-state index in [4.69, 9.17) is 9.84 Å². The summed E-state index contributed by atoms with van der Waals surface area (Å²) in [5.41, 5.74) is 0. The zero-order valence-electron chi connectivity index (χ0n) is 12.5. The number of aliphatic carboxylic acids is 1. The van der Waals surface area contributed by atoms with E-state index >= 15 is 0 Å². The zero-order valence-corrected chi connectivity index (χ0v) is 12.5. The number of carbonyl (C=O) groups excluding carboxylic acids is 1. The first kappa shape index (κ1) is 16.0. The molecule has 0 aromatic carbocycles. The SMILES string of the molecule is CCN1CCOC(CNC(=O)N[C@H]2CC[C@@H](C(=O)O)C2)C1. The molecule has 1 saturated heterocycles. The van der Waals surface area contributed by atoms with Crippen LogP contribution in [0.25, 0.3) is 0 Å². The summed E-state index contributed by atoms with van der Waals surface area (Å²) in [6, 6.07) is -0.270. The highest BCUT2D eigenvalue weighted by atomic mass is 16.5. The topological polar surface area (TPSA) is 90.9 Å². The Bertz CT molecular complexity index is 377. The molecule has 1 aliphatic heterocycles. The fourth-order valence-corrected chi connectivity index (χ4v) is 2.97. The van der Waals surface area contributed by atoms with Crippen LogP contribution in [0.2, 0.25) is 0 Å². The Morgan fingerprint density at radius 1 is 1.38 bits per heavy atom. The first-order valence-corrected chi connectivity index (χ1v) is 7.69. The number of ether oxygens (including phenoxy) is 1. The van der Waals surface area contributed by atoms with Crippen molar-refractivity contribution >= 4 is 12.0 Å². The number of morpholine rings is 1. The molecule has 3 atom stereocenters. The predicted molar refractivity (Wildman–Crippen MR) is 77.2 cm³/mol. The van der Waals surface area contributed by atoms with Gasteiger partial charge in [0, 0.05) is 25.7 Å². The van der Waals surface area contributed by atoms with E-state index in [0.29, 0.717) is 26.0 Å². The molecule has 1 saturated carbocycles. The molecule has 21 heavy (non-hydrogen) atoms. The number of urea groups is 1. The van der Waals surface area contributed by atoms with E-state index in [1.54, 1.807) is 0 Å². The quantitative estimate of drug-likeness (QED) is 0.677. The van der Waals surface area contributed by atoms with Gasteiger partial charge in [-0.3, -0.25) is 9.69 Å². The Morgan fingerprint density at radius 3 is 2.86 bits per heavy atom. The van der Waals surface area contributed by atoms with Crippen LogP contribution >= 0.6 is 0 Å². The molecule has 1 unspecified atom stereocenters. The van der Waals surface area contributed by atoms with Crippen LogP contribution < -0.4 is 10.6 Å². The summed E-state index contributed by atoms with van der Waals surface area (Å²) in [5, 5.41) is 14.6. The molecule has 0 bridgehead atoms. The molecule has 1 heterocycles. The van der Waals surface area contributed by atoms with Gasteiger partial charge in [0.25, 0.3) is 0 Å². The summed E-state index contributed by atoms with van der Waals surface area (Å²) in [5.74, 6) is -1.09. The van der Waals surface area contributed by atoms with Crippen molar-refractivity contribution in [2.45, 2.75) is 38.3 Å². The van der Waals surface area contributed by atoms with Gasteiger partial charge in [-0.2, -0.15) is 0 Å². The van der Waals surface area contributed by atoms with Crippen molar-refractivity contribution in [2.75, 3.05) is 32.8 Å². The number of rotatable bonds is 5. The minimum absolute atomic E-state index is 0.0276. The van der Waals surface area contributed by atoms with Gasteiger partial charge in [0.05, 0.1) is 18.6 Å². The molecule has 0 radical (unpaired) electrons. The summed E-state index contributed by atoms with van der Waals surface area (Å²) in [4.78, 5) is 25.0. The lowest BCUT2D eigenvalue weighted by Gasteiger charge is -2.32. The summed E-state index contributed by atoms with van der Waals surface area (Å²) in [7, 11) is 0. The lowest BCUT2D eigenvalue weighted by atomic mass is 10.1. The van der Waals surface area contributed by atoms with E-state index < -0.39 is 5.97 Å². The van der Waals surface area contributed by atoms with Gasteiger partial charge in [0.2, 0.25) is 0 Å². The third-order valence-electron chi connectivity index (χ3n) is 4.28. The van der Waals surface area contributed by atoms with E-state index in [2.05, 4.69) is 22.5 Å². The fourth-order valence-electron chi connectivity index (χ4n) is 2.97. The fraction of sp³-hybridized carbons (Fsp3) is 0.857. The van der Waals surface area contributed by atoms with Gasteiger partial charge in [-0.1, -0.05) is 6.92 Å². The highest BCUT2D eigenvalue weighted by molar-refractivity contribution is 5.75. The number of hydrogen-bond donors (Lipinski definition) is 3. The lowest BCUT2D eigenvalue weighted by molar-refractivity contribution is -0.141. The second kappa shape index (κ2) is 7.61. The van der Waals surface area contributed by atoms with Crippen LogP contribution in [0.15, 0.2) is 0 Å². The zero-order chi connectivity index (χ0) is 15.2. The van der Waals surface area contributed by atoms with Crippen LogP contribution in [0.4, 0.5) is 4.79 Å². The summed E-state index contributed by atoms with van der Waals surface area (Å²) >= 11 is 0. The Hall–Kier alpha value is -1.34. The first-order valence-electron chi connectivity index (χ1n) is 7.69. The number of amides is 2. The molecule has 2 rings (SSSR count). The molecular weight excluding hydrogens is 274 g/mol. The van der Waals surface area contributed by atoms with Crippen molar-refractivity contribution in [2.24, 2.45) is 5.92 Å². The van der Waals surface area contributed by atoms with Crippen molar-refractivity contribution in [3.05, 3.63) is 0 Å². The minimum Gasteiger partial charge on any atom is -0.481 e. The van der Waals surface area contributed by atoms with E-state index in [9.17, 15) is 9.59 Å². The first-order chi connectivity index (χ1) is 10.1. The summed E-state index contributed by atoms with van der Waals surface area (Å²) in [6.07, 6.45) is 1.91. The number of carboxylic acids is 1. The van der Waals surface area contributed by atoms with E-state index in [1.807, 2.05) is 0 Å². The lowest BCUT2D eigenvalue weighted by Crippen LogP contribution is -2.50. The molecule has 1 aliphatic carbocycles. The van der Waals surface area contributed by atoms with Crippen molar-refractivity contribution < 1.29 is 19.4 Å². The maximum Gasteiger partial charge on any atom is 0.315 e. The van der Waals surface area contributed by atoms with Gasteiger partial charge in [-0.05, 0) is 25.8 Å². The van der Waals surface area contributed by atoms with Crippen LogP contribution in [0.3, 0.4) is 0 Å². The normalized spacial score (nSPS) is 30.0. The van der Waals surface area contributed by atoms with Gasteiger partial charge in [0.1, 0.15) is 0 Å². The van der Waals surface area contributed by atoms with Gasteiger partial charge in [-0.15, -0.1) is 0 Å². The number of nitrogens with zero attached hydrogens (tertiary/aromatic N) is 1. The average Bonchev–Trinajstić information content (AvgIpc) is 2.94. The van der Waals surface area contributed by atoms with Crippen LogP contribution in [-0.4, -0.2) is 66.9 Å². The smallest absolute Gasteiger partial charge is 0.315 e. The molecule has 7 heteroatoms. The van der Waals surface area contributed by atoms with E-state index in [0.717, 1.165) is 26.1 Å². The van der Waals surface area contributed by atoms with Crippen LogP contribution in [0, 0.1) is 5.92 Å². The molecule has 2 fully saturated rings. The van der Waals surface area contributed by atoms with Crippen molar-refractivity contribution in [3.8, 4) is 0 Å². The van der Waals surface area contributed by atoms with E-state index in [1.165, 1.54) is 0 Å². The number of carbonyl (C=O) groups is 2. The molecule has 120 valence electrons. The largest absolute Gasteiger partial charge is 0.481 e. The number of carboxylic acid groups (broad SMARTS) is 1. The number of likely N-dealkylation sites (N-methyl/N-ethyl adjacent to an activating group) is 1. The van der Waals surface area contributed by atoms with E-state index in [-0.39, 0.29) is 24.1 Å². The van der Waals surface area contributed by atoms with Crippen LogP contribution in [-0.2, 0) is 9.53 Å². The molecule has 0 aromatic heterocycles. The second-order valence-corrected chi connectivity index (χ2v) is 5.79. The monoisotopic (exact) mass is 299 g/mol. The van der Waals surface area contributed by atoms with Gasteiger partial charge in [-0.25, -0.2) is 4.79 Å². The van der Waals surface area contributed by atoms with Gasteiger partial charge >= 0.3 is 12.0 Å². The summed E-state index contributed by atoms with van der Waals surface area (Å²) in [6.45, 7) is 6.06. The molecule has 2 aliphatic rings. The maximum absolute atomic E-state index is 11.8. The second-order valence-electron chi connectivity index (χ2n) is 5.79. The van der Waals surface area contributed by atoms with Crippen molar-refractivity contribution in [1.29, 1.82) is 0 Å². The average molecular weight is 299 g/mol. The minimum atomic E-state index is -0.769. The Balaban J connectivity index is 1.65. The van der Waals surface area contributed by atoms with Gasteiger partial charge in [0.15, 0.2) is 0 Å². The molecule has 7 nitrogen and oxygen atoms in total. The molecular formula is C14H25N3O4. The highest BCUT2D eigenvalue weighted by Crippen LogP contribution is 2.25. The molecule has 2 amide bonds. The Morgan fingerprint density at radius 2 is 2.19 bits per heavy atom. The van der Waals surface area contributed by atoms with Crippen molar-refractivity contribution in [3.63, 3.8) is 0 Å². The standard InChI is InChI=1S/C14H25N3O4/c1-2-17-5-6-21-12(9-17)8-15-14(20)16-11-4-3-10(7-11)13(18)19/h10-12H,2-9H2,1H3,(H,18,19)(H2,15,16,20)/t10-,11+,12?/m1/s1. The third-order valence-corrected chi connectivity index (χ3v) is 4.28. The molecule has 0 aromatic rings. The number of nitrogens with one attached hydrogen (secondary N) is 2. The number of hydrogen-bond acceptors (Lipinski definition) is 4. The summed E-state index contributed by atoms with van der Waals surface area (Å²) < 4.78 is 5.62. The maximum atomic E-state index is 11.8. The van der Waals surface area contributed by atoms with Gasteiger partial charge < -0.3 is 20.5 Å². The molecule has 0 spiro atoms. The Kier molecular flexibility index (Phi) is 5.81. The van der Waals surface area contributed by atoms with Crippen LogP contribution in [0.1, 0.15) is 26.2 Å².